The number of nitrogens with zero attached hydrogens (tertiary/aromatic N) is 3. The number of carbonyl (C=O) groups excluding carboxylic acids is 1. The molecule has 6 heteroatoms. The maximum absolute atomic E-state index is 11.7. The summed E-state index contributed by atoms with van der Waals surface area (Å²) in [4.78, 5) is 17.2. The quantitative estimate of drug-likeness (QED) is 0.756. The first-order valence-corrected chi connectivity index (χ1v) is 5.32. The topological polar surface area (TPSA) is 78.2 Å². The van der Waals surface area contributed by atoms with E-state index in [-0.39, 0.29) is 0 Å². The molecule has 0 bridgehead atoms. The Balaban J connectivity index is 1.99. The van der Waals surface area contributed by atoms with E-state index in [0.717, 1.165) is 13.1 Å². The van der Waals surface area contributed by atoms with E-state index >= 15 is 0 Å². The fourth-order valence-corrected chi connectivity index (χ4v) is 1.55. The van der Waals surface area contributed by atoms with Gasteiger partial charge in [0.05, 0.1) is 11.8 Å². The van der Waals surface area contributed by atoms with E-state index in [0.29, 0.717) is 24.4 Å². The smallest absolute Gasteiger partial charge is 0.409 e. The van der Waals surface area contributed by atoms with Crippen molar-refractivity contribution in [1.29, 1.82) is 5.26 Å². The zero-order valence-corrected chi connectivity index (χ0v) is 9.22. The molecule has 1 aliphatic rings. The fourth-order valence-electron chi connectivity index (χ4n) is 1.55. The van der Waals surface area contributed by atoms with Crippen molar-refractivity contribution in [3.63, 3.8) is 0 Å². The van der Waals surface area contributed by atoms with Gasteiger partial charge in [0, 0.05) is 38.4 Å². The van der Waals surface area contributed by atoms with Crippen LogP contribution in [0.3, 0.4) is 0 Å². The number of carbonyl (C=O) groups is 1. The third-order valence-corrected chi connectivity index (χ3v) is 2.42. The van der Waals surface area contributed by atoms with Crippen LogP contribution in [0.5, 0.6) is 5.75 Å². The average Bonchev–Trinajstić information content (AvgIpc) is 2.40. The van der Waals surface area contributed by atoms with Gasteiger partial charge in [-0.2, -0.15) is 5.26 Å². The molecule has 1 N–H and O–H groups in total. The Morgan fingerprint density at radius 1 is 1.47 bits per heavy atom. The van der Waals surface area contributed by atoms with Gasteiger partial charge in [-0.25, -0.2) is 4.79 Å². The van der Waals surface area contributed by atoms with Gasteiger partial charge in [-0.05, 0) is 0 Å². The minimum Gasteiger partial charge on any atom is -0.409 e. The first-order chi connectivity index (χ1) is 8.29. The number of rotatable bonds is 1. The molecular formula is C11H12N4O2. The lowest BCUT2D eigenvalue weighted by Crippen LogP contribution is -2.47. The molecule has 0 radical (unpaired) electrons. The van der Waals surface area contributed by atoms with Gasteiger partial charge in [0.2, 0.25) is 0 Å². The molecular weight excluding hydrogens is 220 g/mol. The highest BCUT2D eigenvalue weighted by atomic mass is 16.6. The van der Waals surface area contributed by atoms with Crippen LogP contribution >= 0.6 is 0 Å². The minimum atomic E-state index is -0.400. The lowest BCUT2D eigenvalue weighted by molar-refractivity contribution is 0.145. The first kappa shape index (κ1) is 11.4. The number of piperazine rings is 1. The van der Waals surface area contributed by atoms with Crippen LogP contribution in [0.4, 0.5) is 4.79 Å². The number of hydrogen-bond acceptors (Lipinski definition) is 5. The van der Waals surface area contributed by atoms with Crippen LogP contribution in [0, 0.1) is 11.3 Å². The van der Waals surface area contributed by atoms with Gasteiger partial charge in [0.15, 0.2) is 5.75 Å². The molecule has 6 nitrogen and oxygen atoms in total. The first-order valence-electron chi connectivity index (χ1n) is 5.32. The van der Waals surface area contributed by atoms with Gasteiger partial charge in [-0.3, -0.25) is 4.98 Å². The average molecular weight is 232 g/mol. The van der Waals surface area contributed by atoms with Crippen LogP contribution in [0.25, 0.3) is 0 Å². The number of ether oxygens (including phenoxy) is 1. The minimum absolute atomic E-state index is 0.299. The molecule has 1 fully saturated rings. The summed E-state index contributed by atoms with van der Waals surface area (Å²) in [5, 5.41) is 11.8. The van der Waals surface area contributed by atoms with Crippen molar-refractivity contribution in [2.24, 2.45) is 0 Å². The predicted octanol–water partition coefficient (Wildman–Crippen LogP) is 0.357. The number of hydrogen-bond donors (Lipinski definition) is 1. The van der Waals surface area contributed by atoms with E-state index in [1.165, 1.54) is 18.5 Å². The Morgan fingerprint density at radius 3 is 2.94 bits per heavy atom. The summed E-state index contributed by atoms with van der Waals surface area (Å²) in [6, 6.07) is 3.44. The van der Waals surface area contributed by atoms with Crippen molar-refractivity contribution >= 4 is 6.09 Å². The molecule has 0 unspecified atom stereocenters. The van der Waals surface area contributed by atoms with E-state index < -0.39 is 6.09 Å². The molecule has 2 heterocycles. The Morgan fingerprint density at radius 2 is 2.24 bits per heavy atom. The molecule has 0 spiro atoms. The highest BCUT2D eigenvalue weighted by Gasteiger charge is 2.18. The summed E-state index contributed by atoms with van der Waals surface area (Å²) >= 11 is 0. The second kappa shape index (κ2) is 5.27. The van der Waals surface area contributed by atoms with Crippen molar-refractivity contribution in [3.8, 4) is 11.8 Å². The zero-order valence-electron chi connectivity index (χ0n) is 9.22. The number of nitrogens with one attached hydrogen (secondary N) is 1. The second-order valence-corrected chi connectivity index (χ2v) is 3.63. The molecule has 0 aromatic carbocycles. The second-order valence-electron chi connectivity index (χ2n) is 3.63. The summed E-state index contributed by atoms with van der Waals surface area (Å²) in [7, 11) is 0. The van der Waals surface area contributed by atoms with Gasteiger partial charge in [0.1, 0.15) is 6.07 Å². The number of aromatic nitrogens is 1. The third kappa shape index (κ3) is 2.92. The van der Waals surface area contributed by atoms with Crippen LogP contribution in [0.1, 0.15) is 5.56 Å². The molecule has 1 aliphatic heterocycles. The predicted molar refractivity (Wildman–Crippen MR) is 59.4 cm³/mol. The SMILES string of the molecule is N#Cc1cncc(OC(=O)N2CCNCC2)c1. The maximum Gasteiger partial charge on any atom is 0.415 e. The molecule has 2 rings (SSSR count). The molecule has 88 valence electrons. The summed E-state index contributed by atoms with van der Waals surface area (Å²) < 4.78 is 5.14. The number of nitriles is 1. The molecule has 17 heavy (non-hydrogen) atoms. The van der Waals surface area contributed by atoms with E-state index in [2.05, 4.69) is 10.3 Å². The van der Waals surface area contributed by atoms with Crippen molar-refractivity contribution < 1.29 is 9.53 Å². The molecule has 1 aromatic rings. The number of amides is 1. The van der Waals surface area contributed by atoms with Crippen molar-refractivity contribution in [1.82, 2.24) is 15.2 Å². The van der Waals surface area contributed by atoms with Crippen LogP contribution in [-0.4, -0.2) is 42.2 Å². The van der Waals surface area contributed by atoms with Crippen molar-refractivity contribution in [2.75, 3.05) is 26.2 Å². The Hall–Kier alpha value is -2.13. The summed E-state index contributed by atoms with van der Waals surface area (Å²) in [6.07, 6.45) is 2.44. The van der Waals surface area contributed by atoms with Gasteiger partial charge in [-0.1, -0.05) is 0 Å². The van der Waals surface area contributed by atoms with E-state index in [4.69, 9.17) is 10.00 Å². The molecule has 1 aromatic heterocycles. The van der Waals surface area contributed by atoms with Crippen LogP contribution in [0.15, 0.2) is 18.5 Å². The van der Waals surface area contributed by atoms with E-state index in [1.54, 1.807) is 4.90 Å². The van der Waals surface area contributed by atoms with E-state index in [1.807, 2.05) is 6.07 Å². The highest BCUT2D eigenvalue weighted by molar-refractivity contribution is 5.70. The van der Waals surface area contributed by atoms with Crippen LogP contribution in [-0.2, 0) is 0 Å². The van der Waals surface area contributed by atoms with Gasteiger partial charge in [0.25, 0.3) is 0 Å². The zero-order chi connectivity index (χ0) is 12.1. The molecule has 0 aliphatic carbocycles. The van der Waals surface area contributed by atoms with Crippen LogP contribution in [0.2, 0.25) is 0 Å². The normalized spacial score (nSPS) is 15.1. The standard InChI is InChI=1S/C11H12N4O2/c12-6-9-5-10(8-14-7-9)17-11(16)15-3-1-13-2-4-15/h5,7-8,13H,1-4H2. The van der Waals surface area contributed by atoms with Gasteiger partial charge >= 0.3 is 6.09 Å². The number of pyridine rings is 1. The largest absolute Gasteiger partial charge is 0.415 e. The summed E-state index contributed by atoms with van der Waals surface area (Å²) in [5.41, 5.74) is 0.371. The molecule has 1 saturated heterocycles. The lowest BCUT2D eigenvalue weighted by Gasteiger charge is -2.26. The summed E-state index contributed by atoms with van der Waals surface area (Å²) in [6.45, 7) is 2.80. The molecule has 0 atom stereocenters. The Kier molecular flexibility index (Phi) is 3.52. The van der Waals surface area contributed by atoms with Crippen molar-refractivity contribution in [2.45, 2.75) is 0 Å². The summed E-state index contributed by atoms with van der Waals surface area (Å²) in [5.74, 6) is 0.299. The Bertz CT molecular complexity index is 449. The molecule has 1 amide bonds. The Labute approximate surface area is 98.8 Å². The fraction of sp³-hybridized carbons (Fsp3) is 0.364. The highest BCUT2D eigenvalue weighted by Crippen LogP contribution is 2.12. The van der Waals surface area contributed by atoms with Crippen molar-refractivity contribution in [3.05, 3.63) is 24.0 Å². The van der Waals surface area contributed by atoms with Crippen LogP contribution < -0.4 is 10.1 Å². The molecule has 0 saturated carbocycles. The van der Waals surface area contributed by atoms with Gasteiger partial charge < -0.3 is 15.0 Å². The maximum atomic E-state index is 11.7. The van der Waals surface area contributed by atoms with E-state index in [9.17, 15) is 4.79 Å². The third-order valence-electron chi connectivity index (χ3n) is 2.42. The monoisotopic (exact) mass is 232 g/mol. The van der Waals surface area contributed by atoms with Gasteiger partial charge in [-0.15, -0.1) is 0 Å². The lowest BCUT2D eigenvalue weighted by atomic mass is 10.3.